The molecule has 0 saturated heterocycles. The number of rotatable bonds is 7. The first-order valence-corrected chi connectivity index (χ1v) is 6.65. The van der Waals surface area contributed by atoms with Crippen LogP contribution in [0.15, 0.2) is 24.3 Å². The number of para-hydroxylation sites is 2. The van der Waals surface area contributed by atoms with Gasteiger partial charge in [-0.3, -0.25) is 0 Å². The number of hydrogen-bond acceptors (Lipinski definition) is 4. The van der Waals surface area contributed by atoms with E-state index in [-0.39, 0.29) is 17.9 Å². The molecule has 1 unspecified atom stereocenters. The predicted octanol–water partition coefficient (Wildman–Crippen LogP) is 3.08. The van der Waals surface area contributed by atoms with E-state index in [4.69, 9.17) is 9.47 Å². The van der Waals surface area contributed by atoms with E-state index in [0.29, 0.717) is 0 Å². The first kappa shape index (κ1) is 15.3. The summed E-state index contributed by atoms with van der Waals surface area (Å²) in [6, 6.07) is 7.22. The molecule has 0 aromatic heterocycles. The minimum atomic E-state index is -0.351. The zero-order valence-corrected chi connectivity index (χ0v) is 12.1. The zero-order valence-electron chi connectivity index (χ0n) is 12.1. The van der Waals surface area contributed by atoms with E-state index < -0.39 is 0 Å². The monoisotopic (exact) mass is 265 g/mol. The van der Waals surface area contributed by atoms with Crippen molar-refractivity contribution in [3.63, 3.8) is 0 Å². The molecular weight excluding hydrogens is 242 g/mol. The largest absolute Gasteiger partial charge is 0.495 e. The van der Waals surface area contributed by atoms with Crippen molar-refractivity contribution in [1.82, 2.24) is 0 Å². The Morgan fingerprint density at radius 2 is 1.84 bits per heavy atom. The quantitative estimate of drug-likeness (QED) is 0.770. The lowest BCUT2D eigenvalue weighted by atomic mass is 9.94. The first-order valence-electron chi connectivity index (χ1n) is 6.65. The number of methoxy groups -OCH3 is 2. The lowest BCUT2D eigenvalue weighted by Gasteiger charge is -2.25. The molecule has 1 aromatic rings. The molecule has 19 heavy (non-hydrogen) atoms. The number of nitrogens with one attached hydrogen (secondary N) is 1. The molecule has 0 amide bonds. The molecule has 0 fully saturated rings. The summed E-state index contributed by atoms with van der Waals surface area (Å²) in [7, 11) is 3.03. The number of anilines is 1. The van der Waals surface area contributed by atoms with Gasteiger partial charge >= 0.3 is 5.97 Å². The van der Waals surface area contributed by atoms with Gasteiger partial charge in [0.15, 0.2) is 0 Å². The predicted molar refractivity (Wildman–Crippen MR) is 76.5 cm³/mol. The van der Waals surface area contributed by atoms with Gasteiger partial charge in [0, 0.05) is 0 Å². The molecule has 106 valence electrons. The summed E-state index contributed by atoms with van der Waals surface area (Å²) in [5, 5.41) is 3.25. The van der Waals surface area contributed by atoms with Crippen LogP contribution in [-0.2, 0) is 9.53 Å². The molecule has 0 aliphatic rings. The lowest BCUT2D eigenvalue weighted by Crippen LogP contribution is -2.37. The zero-order chi connectivity index (χ0) is 14.3. The summed E-state index contributed by atoms with van der Waals surface area (Å²) >= 11 is 0. The van der Waals surface area contributed by atoms with Crippen LogP contribution in [0.1, 0.15) is 26.7 Å². The molecule has 0 radical (unpaired) electrons. The van der Waals surface area contributed by atoms with E-state index in [2.05, 4.69) is 19.2 Å². The SMILES string of the molecule is CCC(CC)C(Nc1ccccc1OC)C(=O)OC. The van der Waals surface area contributed by atoms with E-state index in [0.717, 1.165) is 24.3 Å². The second-order valence-corrected chi connectivity index (χ2v) is 4.42. The number of carbonyl (C=O) groups excluding carboxylic acids is 1. The van der Waals surface area contributed by atoms with Crippen molar-refractivity contribution in [1.29, 1.82) is 0 Å². The van der Waals surface area contributed by atoms with Crippen LogP contribution in [-0.4, -0.2) is 26.2 Å². The van der Waals surface area contributed by atoms with Gasteiger partial charge in [0.25, 0.3) is 0 Å². The van der Waals surface area contributed by atoms with Crippen molar-refractivity contribution in [2.45, 2.75) is 32.7 Å². The smallest absolute Gasteiger partial charge is 0.328 e. The molecule has 1 aromatic carbocycles. The maximum absolute atomic E-state index is 11.9. The van der Waals surface area contributed by atoms with Crippen LogP contribution in [0, 0.1) is 5.92 Å². The van der Waals surface area contributed by atoms with Gasteiger partial charge in [-0.2, -0.15) is 0 Å². The Labute approximate surface area is 115 Å². The van der Waals surface area contributed by atoms with Crippen LogP contribution in [0.4, 0.5) is 5.69 Å². The number of hydrogen-bond donors (Lipinski definition) is 1. The third-order valence-corrected chi connectivity index (χ3v) is 3.39. The maximum Gasteiger partial charge on any atom is 0.328 e. The molecule has 1 atom stereocenters. The molecule has 0 saturated carbocycles. The number of esters is 1. The van der Waals surface area contributed by atoms with Crippen molar-refractivity contribution >= 4 is 11.7 Å². The van der Waals surface area contributed by atoms with Gasteiger partial charge in [-0.05, 0) is 18.1 Å². The van der Waals surface area contributed by atoms with Gasteiger partial charge in [-0.15, -0.1) is 0 Å². The Morgan fingerprint density at radius 1 is 1.21 bits per heavy atom. The van der Waals surface area contributed by atoms with Gasteiger partial charge in [0.1, 0.15) is 11.8 Å². The Balaban J connectivity index is 2.96. The fraction of sp³-hybridized carbons (Fsp3) is 0.533. The summed E-state index contributed by atoms with van der Waals surface area (Å²) in [6.45, 7) is 4.15. The summed E-state index contributed by atoms with van der Waals surface area (Å²) in [6.07, 6.45) is 1.83. The molecule has 0 aliphatic carbocycles. The maximum atomic E-state index is 11.9. The highest BCUT2D eigenvalue weighted by atomic mass is 16.5. The van der Waals surface area contributed by atoms with Crippen molar-refractivity contribution in [3.8, 4) is 5.75 Å². The van der Waals surface area contributed by atoms with E-state index >= 15 is 0 Å². The van der Waals surface area contributed by atoms with Crippen LogP contribution in [0.2, 0.25) is 0 Å². The van der Waals surface area contributed by atoms with E-state index in [1.807, 2.05) is 24.3 Å². The first-order chi connectivity index (χ1) is 9.17. The summed E-state index contributed by atoms with van der Waals surface area (Å²) in [5.41, 5.74) is 0.812. The average molecular weight is 265 g/mol. The number of benzene rings is 1. The number of carbonyl (C=O) groups is 1. The molecule has 0 aliphatic heterocycles. The lowest BCUT2D eigenvalue weighted by molar-refractivity contribution is -0.142. The van der Waals surface area contributed by atoms with E-state index in [1.54, 1.807) is 7.11 Å². The molecule has 4 nitrogen and oxygen atoms in total. The topological polar surface area (TPSA) is 47.6 Å². The third-order valence-electron chi connectivity index (χ3n) is 3.39. The average Bonchev–Trinajstić information content (AvgIpc) is 2.47. The highest BCUT2D eigenvalue weighted by Crippen LogP contribution is 2.27. The van der Waals surface area contributed by atoms with Crippen molar-refractivity contribution in [2.24, 2.45) is 5.92 Å². The van der Waals surface area contributed by atoms with Crippen LogP contribution in [0.3, 0.4) is 0 Å². The number of ether oxygens (including phenoxy) is 2. The third kappa shape index (κ3) is 3.88. The van der Waals surface area contributed by atoms with Crippen molar-refractivity contribution in [2.75, 3.05) is 19.5 Å². The Morgan fingerprint density at radius 3 is 2.37 bits per heavy atom. The van der Waals surface area contributed by atoms with Gasteiger partial charge < -0.3 is 14.8 Å². The molecule has 4 heteroatoms. The molecule has 1 rings (SSSR count). The summed E-state index contributed by atoms with van der Waals surface area (Å²) in [4.78, 5) is 11.9. The molecular formula is C15H23NO3. The van der Waals surface area contributed by atoms with Crippen LogP contribution >= 0.6 is 0 Å². The second kappa shape index (κ2) is 7.67. The van der Waals surface area contributed by atoms with Gasteiger partial charge in [-0.25, -0.2) is 4.79 Å². The molecule has 0 bridgehead atoms. The van der Waals surface area contributed by atoms with Gasteiger partial charge in [-0.1, -0.05) is 38.8 Å². The van der Waals surface area contributed by atoms with Gasteiger partial charge in [0.2, 0.25) is 0 Å². The summed E-state index contributed by atoms with van der Waals surface area (Å²) in [5.74, 6) is 0.722. The Hall–Kier alpha value is -1.71. The van der Waals surface area contributed by atoms with Crippen LogP contribution < -0.4 is 10.1 Å². The van der Waals surface area contributed by atoms with Crippen LogP contribution in [0.5, 0.6) is 5.75 Å². The van der Waals surface area contributed by atoms with E-state index in [9.17, 15) is 4.79 Å². The Bertz CT molecular complexity index is 402. The molecule has 0 heterocycles. The Kier molecular flexibility index (Phi) is 6.19. The fourth-order valence-corrected chi connectivity index (χ4v) is 2.19. The summed E-state index contributed by atoms with van der Waals surface area (Å²) < 4.78 is 10.2. The standard InChI is InChI=1S/C15H23NO3/c1-5-11(6-2)14(15(17)19-4)16-12-9-7-8-10-13(12)18-3/h7-11,14,16H,5-6H2,1-4H3. The molecule has 1 N–H and O–H groups in total. The fourth-order valence-electron chi connectivity index (χ4n) is 2.19. The van der Waals surface area contributed by atoms with E-state index in [1.165, 1.54) is 7.11 Å². The minimum absolute atomic E-state index is 0.234. The van der Waals surface area contributed by atoms with Crippen LogP contribution in [0.25, 0.3) is 0 Å². The highest BCUT2D eigenvalue weighted by Gasteiger charge is 2.27. The van der Waals surface area contributed by atoms with Crippen molar-refractivity contribution < 1.29 is 14.3 Å². The molecule has 0 spiro atoms. The normalized spacial score (nSPS) is 12.1. The van der Waals surface area contributed by atoms with Gasteiger partial charge in [0.05, 0.1) is 19.9 Å². The minimum Gasteiger partial charge on any atom is -0.495 e. The van der Waals surface area contributed by atoms with Crippen molar-refractivity contribution in [3.05, 3.63) is 24.3 Å². The second-order valence-electron chi connectivity index (χ2n) is 4.42. The highest BCUT2D eigenvalue weighted by molar-refractivity contribution is 5.80.